The van der Waals surface area contributed by atoms with Crippen molar-refractivity contribution < 1.29 is 18.3 Å². The largest absolute Gasteiger partial charge is 0.374 e. The van der Waals surface area contributed by atoms with E-state index in [-0.39, 0.29) is 24.7 Å². The van der Waals surface area contributed by atoms with Gasteiger partial charge in [-0.15, -0.1) is 0 Å². The van der Waals surface area contributed by atoms with Crippen LogP contribution in [0.3, 0.4) is 0 Å². The van der Waals surface area contributed by atoms with Crippen molar-refractivity contribution in [2.75, 3.05) is 19.8 Å². The normalized spacial score (nSPS) is 23.0. The Kier molecular flexibility index (Phi) is 5.45. The predicted octanol–water partition coefficient (Wildman–Crippen LogP) is 2.24. The number of hydrogen-bond acceptors (Lipinski definition) is 4. The first-order valence-corrected chi connectivity index (χ1v) is 7.52. The molecule has 1 aliphatic heterocycles. The van der Waals surface area contributed by atoms with Crippen LogP contribution >= 0.6 is 11.3 Å². The number of thiophene rings is 1. The number of alkyl halides is 2. The number of nitrogens with zero attached hydrogens (tertiary/aromatic N) is 1. The second kappa shape index (κ2) is 7.10. The highest BCUT2D eigenvalue weighted by atomic mass is 32.1. The molecule has 1 N–H and O–H groups in total. The van der Waals surface area contributed by atoms with Crippen LogP contribution in [0, 0.1) is 0 Å². The van der Waals surface area contributed by atoms with Gasteiger partial charge in [0.1, 0.15) is 12.8 Å². The zero-order valence-electron chi connectivity index (χ0n) is 11.2. The highest BCUT2D eigenvalue weighted by Gasteiger charge is 2.38. The maximum absolute atomic E-state index is 12.2. The molecule has 0 aliphatic carbocycles. The Balaban J connectivity index is 1.97. The molecule has 1 aliphatic rings. The van der Waals surface area contributed by atoms with Gasteiger partial charge in [-0.2, -0.15) is 11.3 Å². The summed E-state index contributed by atoms with van der Waals surface area (Å²) in [5.41, 5.74) is 1.02. The van der Waals surface area contributed by atoms with E-state index in [1.54, 1.807) is 16.2 Å². The van der Waals surface area contributed by atoms with Crippen molar-refractivity contribution in [3.05, 3.63) is 22.4 Å². The first kappa shape index (κ1) is 15.3. The van der Waals surface area contributed by atoms with Gasteiger partial charge in [-0.1, -0.05) is 6.92 Å². The molecule has 2 heterocycles. The molecule has 1 fully saturated rings. The standard InChI is InChI=1S/C13H18F2N2O2S/c1-2-10-13(18)17(4-5-19-7-11(14)15)12(16-10)9-3-6-20-8-9/h3,6,8,10-12,16H,2,4-5,7H2,1H3. The minimum atomic E-state index is -2.47. The Morgan fingerprint density at radius 3 is 2.95 bits per heavy atom. The molecule has 7 heteroatoms. The molecule has 1 saturated heterocycles. The summed E-state index contributed by atoms with van der Waals surface area (Å²) in [5, 5.41) is 7.20. The van der Waals surface area contributed by atoms with Crippen molar-refractivity contribution >= 4 is 17.2 Å². The smallest absolute Gasteiger partial charge is 0.261 e. The summed E-state index contributed by atoms with van der Waals surface area (Å²) in [6.45, 7) is 1.79. The van der Waals surface area contributed by atoms with Crippen molar-refractivity contribution in [1.82, 2.24) is 10.2 Å². The van der Waals surface area contributed by atoms with Crippen molar-refractivity contribution in [3.63, 3.8) is 0 Å². The monoisotopic (exact) mass is 304 g/mol. The molecule has 112 valence electrons. The van der Waals surface area contributed by atoms with Crippen LogP contribution in [-0.2, 0) is 9.53 Å². The maximum Gasteiger partial charge on any atom is 0.261 e. The van der Waals surface area contributed by atoms with Crippen LogP contribution in [0.1, 0.15) is 25.1 Å². The summed E-state index contributed by atoms with van der Waals surface area (Å²) in [7, 11) is 0. The maximum atomic E-state index is 12.2. The van der Waals surface area contributed by atoms with Gasteiger partial charge in [-0.3, -0.25) is 10.1 Å². The van der Waals surface area contributed by atoms with E-state index in [1.807, 2.05) is 23.8 Å². The van der Waals surface area contributed by atoms with Crippen molar-refractivity contribution in [1.29, 1.82) is 0 Å². The molecule has 0 bridgehead atoms. The van der Waals surface area contributed by atoms with Crippen LogP contribution in [0.5, 0.6) is 0 Å². The lowest BCUT2D eigenvalue weighted by Gasteiger charge is -2.23. The fourth-order valence-corrected chi connectivity index (χ4v) is 2.93. The van der Waals surface area contributed by atoms with E-state index >= 15 is 0 Å². The molecule has 4 nitrogen and oxygen atoms in total. The van der Waals surface area contributed by atoms with Gasteiger partial charge in [0.05, 0.1) is 12.6 Å². The number of carbonyl (C=O) groups is 1. The Hall–Kier alpha value is -1.05. The van der Waals surface area contributed by atoms with Crippen LogP contribution < -0.4 is 5.32 Å². The van der Waals surface area contributed by atoms with E-state index in [0.717, 1.165) is 5.56 Å². The fourth-order valence-electron chi connectivity index (χ4n) is 2.25. The number of amides is 1. The van der Waals surface area contributed by atoms with Crippen LogP contribution in [0.15, 0.2) is 16.8 Å². The van der Waals surface area contributed by atoms with Crippen molar-refractivity contribution in [3.8, 4) is 0 Å². The molecule has 0 spiro atoms. The first-order chi connectivity index (χ1) is 9.63. The lowest BCUT2D eigenvalue weighted by atomic mass is 10.2. The molecule has 0 radical (unpaired) electrons. The van der Waals surface area contributed by atoms with Gasteiger partial charge in [0.15, 0.2) is 0 Å². The lowest BCUT2D eigenvalue weighted by molar-refractivity contribution is -0.131. The van der Waals surface area contributed by atoms with Gasteiger partial charge in [-0.25, -0.2) is 8.78 Å². The van der Waals surface area contributed by atoms with Gasteiger partial charge < -0.3 is 9.64 Å². The number of carbonyl (C=O) groups excluding carboxylic acids is 1. The Labute approximate surface area is 120 Å². The summed E-state index contributed by atoms with van der Waals surface area (Å²) in [6.07, 6.45) is -1.96. The second-order valence-electron chi connectivity index (χ2n) is 4.58. The SMILES string of the molecule is CCC1NC(c2ccsc2)N(CCOCC(F)F)C1=O. The van der Waals surface area contributed by atoms with Crippen LogP contribution in [0.2, 0.25) is 0 Å². The Morgan fingerprint density at radius 1 is 1.55 bits per heavy atom. The van der Waals surface area contributed by atoms with Gasteiger partial charge in [0, 0.05) is 6.54 Å². The summed E-state index contributed by atoms with van der Waals surface area (Å²) in [5.74, 6) is 0.00402. The minimum absolute atomic E-state index is 0.00402. The van der Waals surface area contributed by atoms with Gasteiger partial charge in [-0.05, 0) is 28.8 Å². The predicted molar refractivity (Wildman–Crippen MR) is 72.8 cm³/mol. The zero-order valence-corrected chi connectivity index (χ0v) is 12.0. The molecular formula is C13H18F2N2O2S. The fraction of sp³-hybridized carbons (Fsp3) is 0.615. The molecule has 2 unspecified atom stereocenters. The summed E-state index contributed by atoms with van der Waals surface area (Å²) in [4.78, 5) is 13.9. The summed E-state index contributed by atoms with van der Waals surface area (Å²) < 4.78 is 28.9. The third-order valence-electron chi connectivity index (χ3n) is 3.24. The van der Waals surface area contributed by atoms with Crippen LogP contribution in [0.4, 0.5) is 8.78 Å². The molecule has 1 amide bonds. The summed E-state index contributed by atoms with van der Waals surface area (Å²) in [6, 6.07) is 1.75. The Morgan fingerprint density at radius 2 is 2.35 bits per heavy atom. The third kappa shape index (κ3) is 3.53. The van der Waals surface area contributed by atoms with Crippen molar-refractivity contribution in [2.24, 2.45) is 0 Å². The number of hydrogen-bond donors (Lipinski definition) is 1. The lowest BCUT2D eigenvalue weighted by Crippen LogP contribution is -2.34. The van der Waals surface area contributed by atoms with Crippen molar-refractivity contribution in [2.45, 2.75) is 32.0 Å². The van der Waals surface area contributed by atoms with E-state index in [1.165, 1.54) is 0 Å². The molecule has 2 atom stereocenters. The third-order valence-corrected chi connectivity index (χ3v) is 3.94. The van der Waals surface area contributed by atoms with Crippen LogP contribution in [-0.4, -0.2) is 43.0 Å². The first-order valence-electron chi connectivity index (χ1n) is 6.58. The molecule has 1 aromatic rings. The van der Waals surface area contributed by atoms with E-state index in [4.69, 9.17) is 4.74 Å². The molecule has 0 aromatic carbocycles. The second-order valence-corrected chi connectivity index (χ2v) is 5.36. The van der Waals surface area contributed by atoms with Crippen LogP contribution in [0.25, 0.3) is 0 Å². The quantitative estimate of drug-likeness (QED) is 0.786. The average molecular weight is 304 g/mol. The highest BCUT2D eigenvalue weighted by Crippen LogP contribution is 2.27. The van der Waals surface area contributed by atoms with Gasteiger partial charge in [0.2, 0.25) is 5.91 Å². The summed E-state index contributed by atoms with van der Waals surface area (Å²) >= 11 is 1.56. The zero-order chi connectivity index (χ0) is 14.5. The average Bonchev–Trinajstić information content (AvgIpc) is 3.03. The number of ether oxygens (including phenoxy) is 1. The number of rotatable bonds is 7. The Bertz CT molecular complexity index is 428. The van der Waals surface area contributed by atoms with Gasteiger partial charge in [0.25, 0.3) is 6.43 Å². The van der Waals surface area contributed by atoms with E-state index < -0.39 is 13.0 Å². The topological polar surface area (TPSA) is 41.6 Å². The van der Waals surface area contributed by atoms with E-state index in [0.29, 0.717) is 13.0 Å². The molecule has 20 heavy (non-hydrogen) atoms. The van der Waals surface area contributed by atoms with E-state index in [9.17, 15) is 13.6 Å². The van der Waals surface area contributed by atoms with Gasteiger partial charge >= 0.3 is 0 Å². The number of nitrogens with one attached hydrogen (secondary N) is 1. The number of halogens is 2. The molecular weight excluding hydrogens is 286 g/mol. The highest BCUT2D eigenvalue weighted by molar-refractivity contribution is 7.07. The molecule has 2 rings (SSSR count). The van der Waals surface area contributed by atoms with E-state index in [2.05, 4.69) is 5.32 Å². The minimum Gasteiger partial charge on any atom is -0.374 e. The molecule has 0 saturated carbocycles. The molecule has 1 aromatic heterocycles.